The van der Waals surface area contributed by atoms with Gasteiger partial charge in [-0.25, -0.2) is 9.79 Å². The fourth-order valence-electron chi connectivity index (χ4n) is 6.13. The van der Waals surface area contributed by atoms with Crippen molar-refractivity contribution in [3.05, 3.63) is 118 Å². The van der Waals surface area contributed by atoms with Gasteiger partial charge in [0.2, 0.25) is 0 Å². The minimum atomic E-state index is -1.07. The van der Waals surface area contributed by atoms with E-state index in [2.05, 4.69) is 14.9 Å². The van der Waals surface area contributed by atoms with E-state index < -0.39 is 29.7 Å². The van der Waals surface area contributed by atoms with E-state index in [1.807, 2.05) is 85.8 Å². The standard InChI is InChI=1S/C36H40N4O7/c1-25(39-19-21-45-22-20-39)37-33-17-18-40(35(42)38-33)34-23-31(41)32(47-34)24-46-36(26-7-5-4-6-8-26,27-9-13-29(43-2)14-10-27)28-11-15-30(44-3)16-12-28/h4-18,31-32,34,41H,19-24H2,1-3H3/b37-25-/t31-,32-,34-/m1/s1. The molecule has 11 heteroatoms. The summed E-state index contributed by atoms with van der Waals surface area (Å²) < 4.78 is 30.9. The third-order valence-electron chi connectivity index (χ3n) is 8.71. The maximum absolute atomic E-state index is 13.1. The molecule has 2 fully saturated rings. The summed E-state index contributed by atoms with van der Waals surface area (Å²) in [4.78, 5) is 23.9. The molecule has 1 N–H and O–H groups in total. The van der Waals surface area contributed by atoms with Gasteiger partial charge in [0.05, 0.1) is 40.1 Å². The van der Waals surface area contributed by atoms with Crippen LogP contribution in [0.2, 0.25) is 0 Å². The Labute approximate surface area is 274 Å². The van der Waals surface area contributed by atoms with Crippen molar-refractivity contribution in [3.8, 4) is 11.5 Å². The molecule has 0 radical (unpaired) electrons. The molecule has 4 aromatic rings. The van der Waals surface area contributed by atoms with Crippen molar-refractivity contribution >= 4 is 11.7 Å². The van der Waals surface area contributed by atoms with Crippen LogP contribution in [0.1, 0.15) is 36.3 Å². The zero-order valence-corrected chi connectivity index (χ0v) is 26.8. The van der Waals surface area contributed by atoms with Crippen LogP contribution in [0.15, 0.2) is 101 Å². The Morgan fingerprint density at radius 2 is 1.51 bits per heavy atom. The van der Waals surface area contributed by atoms with E-state index in [1.54, 1.807) is 26.5 Å². The van der Waals surface area contributed by atoms with E-state index in [9.17, 15) is 9.90 Å². The second-order valence-corrected chi connectivity index (χ2v) is 11.5. The highest BCUT2D eigenvalue weighted by molar-refractivity contribution is 5.82. The van der Waals surface area contributed by atoms with E-state index in [4.69, 9.17) is 23.7 Å². The van der Waals surface area contributed by atoms with E-state index in [1.165, 1.54) is 4.57 Å². The number of aliphatic hydroxyl groups excluding tert-OH is 1. The summed E-state index contributed by atoms with van der Waals surface area (Å²) in [6.45, 7) is 4.70. The highest BCUT2D eigenvalue weighted by Crippen LogP contribution is 2.42. The van der Waals surface area contributed by atoms with Gasteiger partial charge in [0.15, 0.2) is 5.82 Å². The van der Waals surface area contributed by atoms with Gasteiger partial charge in [-0.15, -0.1) is 0 Å². The highest BCUT2D eigenvalue weighted by atomic mass is 16.6. The second kappa shape index (κ2) is 14.5. The molecule has 246 valence electrons. The number of ether oxygens (including phenoxy) is 5. The quantitative estimate of drug-likeness (QED) is 0.154. The van der Waals surface area contributed by atoms with Crippen LogP contribution in [0, 0.1) is 0 Å². The number of aliphatic imine (C=N–C) groups is 1. The number of amidine groups is 1. The predicted octanol–water partition coefficient (Wildman–Crippen LogP) is 4.30. The summed E-state index contributed by atoms with van der Waals surface area (Å²) in [7, 11) is 3.26. The Hall–Kier alpha value is -4.55. The third-order valence-corrected chi connectivity index (χ3v) is 8.71. The first-order valence-corrected chi connectivity index (χ1v) is 15.7. The van der Waals surface area contributed by atoms with Crippen molar-refractivity contribution in [1.82, 2.24) is 14.5 Å². The number of rotatable bonds is 10. The van der Waals surface area contributed by atoms with Crippen LogP contribution < -0.4 is 15.2 Å². The van der Waals surface area contributed by atoms with Crippen LogP contribution in [0.5, 0.6) is 11.5 Å². The molecule has 0 amide bonds. The number of hydrogen-bond donors (Lipinski definition) is 1. The minimum absolute atomic E-state index is 0.0356. The van der Waals surface area contributed by atoms with Gasteiger partial charge in [-0.2, -0.15) is 4.98 Å². The molecule has 47 heavy (non-hydrogen) atoms. The summed E-state index contributed by atoms with van der Waals surface area (Å²) in [6, 6.07) is 27.1. The van der Waals surface area contributed by atoms with Gasteiger partial charge >= 0.3 is 5.69 Å². The molecule has 11 nitrogen and oxygen atoms in total. The van der Waals surface area contributed by atoms with Gasteiger partial charge in [-0.3, -0.25) is 4.57 Å². The van der Waals surface area contributed by atoms with Crippen LogP contribution in [0.3, 0.4) is 0 Å². The maximum Gasteiger partial charge on any atom is 0.351 e. The number of morpholine rings is 1. The molecule has 3 atom stereocenters. The number of benzene rings is 3. The molecule has 6 rings (SSSR count). The topological polar surface area (TPSA) is 117 Å². The van der Waals surface area contributed by atoms with Crippen molar-refractivity contribution in [2.75, 3.05) is 47.1 Å². The van der Waals surface area contributed by atoms with Gasteiger partial charge in [-0.05, 0) is 53.9 Å². The molecular weight excluding hydrogens is 600 g/mol. The lowest BCUT2D eigenvalue weighted by atomic mass is 9.80. The molecule has 2 saturated heterocycles. The van der Waals surface area contributed by atoms with Crippen molar-refractivity contribution in [2.45, 2.75) is 37.4 Å². The lowest BCUT2D eigenvalue weighted by Crippen LogP contribution is -2.39. The van der Waals surface area contributed by atoms with Gasteiger partial charge in [0.25, 0.3) is 0 Å². The maximum atomic E-state index is 13.1. The smallest absolute Gasteiger partial charge is 0.351 e. The van der Waals surface area contributed by atoms with Crippen LogP contribution in [0.4, 0.5) is 5.82 Å². The molecule has 0 unspecified atom stereocenters. The number of aromatic nitrogens is 2. The Kier molecular flexibility index (Phi) is 9.98. The zero-order valence-electron chi connectivity index (χ0n) is 26.8. The van der Waals surface area contributed by atoms with Crippen molar-refractivity contribution < 1.29 is 28.8 Å². The number of methoxy groups -OCH3 is 2. The molecule has 2 aliphatic rings. The van der Waals surface area contributed by atoms with Crippen molar-refractivity contribution in [3.63, 3.8) is 0 Å². The fourth-order valence-corrected chi connectivity index (χ4v) is 6.13. The number of aliphatic hydroxyl groups is 1. The van der Waals surface area contributed by atoms with Crippen molar-refractivity contribution in [1.29, 1.82) is 0 Å². The fraction of sp³-hybridized carbons (Fsp3) is 0.361. The van der Waals surface area contributed by atoms with Gasteiger partial charge in [0.1, 0.15) is 35.3 Å². The second-order valence-electron chi connectivity index (χ2n) is 11.5. The average Bonchev–Trinajstić information content (AvgIpc) is 3.49. The molecule has 0 spiro atoms. The molecule has 2 aliphatic heterocycles. The zero-order chi connectivity index (χ0) is 32.8. The lowest BCUT2D eigenvalue weighted by Gasteiger charge is -2.37. The molecule has 3 heterocycles. The molecule has 0 aliphatic carbocycles. The SMILES string of the molecule is COc1ccc(C(OC[C@H]2O[C@@H](n3ccc(/N=C(/C)N4CCOCC4)nc3=O)C[C@H]2O)(c2ccccc2)c2ccc(OC)cc2)cc1. The monoisotopic (exact) mass is 640 g/mol. The van der Waals surface area contributed by atoms with Gasteiger partial charge in [0, 0.05) is 25.7 Å². The Balaban J connectivity index is 1.27. The first-order chi connectivity index (χ1) is 22.9. The average molecular weight is 641 g/mol. The Morgan fingerprint density at radius 1 is 0.915 bits per heavy atom. The van der Waals surface area contributed by atoms with Gasteiger partial charge in [-0.1, -0.05) is 54.6 Å². The van der Waals surface area contributed by atoms with E-state index in [0.717, 1.165) is 47.1 Å². The number of nitrogens with zero attached hydrogens (tertiary/aromatic N) is 4. The number of hydrogen-bond acceptors (Lipinski definition) is 9. The first kappa shape index (κ1) is 32.4. The highest BCUT2D eigenvalue weighted by Gasteiger charge is 2.42. The van der Waals surface area contributed by atoms with Crippen molar-refractivity contribution in [2.24, 2.45) is 4.99 Å². The summed E-state index contributed by atoms with van der Waals surface area (Å²) in [5.74, 6) is 2.53. The summed E-state index contributed by atoms with van der Waals surface area (Å²) in [5, 5.41) is 11.2. The predicted molar refractivity (Wildman–Crippen MR) is 176 cm³/mol. The largest absolute Gasteiger partial charge is 0.497 e. The summed E-state index contributed by atoms with van der Waals surface area (Å²) in [5.41, 5.74) is 1.04. The van der Waals surface area contributed by atoms with E-state index in [-0.39, 0.29) is 13.0 Å². The van der Waals surface area contributed by atoms with E-state index in [0.29, 0.717) is 19.0 Å². The molecule has 3 aromatic carbocycles. The Morgan fingerprint density at radius 3 is 2.09 bits per heavy atom. The normalized spacial score (nSPS) is 20.3. The third kappa shape index (κ3) is 6.93. The molecular formula is C36H40N4O7. The summed E-state index contributed by atoms with van der Waals surface area (Å²) in [6.07, 6.45) is -0.495. The van der Waals surface area contributed by atoms with Crippen LogP contribution in [0.25, 0.3) is 0 Å². The van der Waals surface area contributed by atoms with E-state index >= 15 is 0 Å². The summed E-state index contributed by atoms with van der Waals surface area (Å²) >= 11 is 0. The molecule has 1 aromatic heterocycles. The van der Waals surface area contributed by atoms with Crippen LogP contribution in [-0.4, -0.2) is 84.7 Å². The first-order valence-electron chi connectivity index (χ1n) is 15.7. The van der Waals surface area contributed by atoms with Crippen LogP contribution >= 0.6 is 0 Å². The molecule has 0 saturated carbocycles. The minimum Gasteiger partial charge on any atom is -0.497 e. The molecule has 0 bridgehead atoms. The lowest BCUT2D eigenvalue weighted by molar-refractivity contribution is -0.0944. The Bertz CT molecular complexity index is 1660. The van der Waals surface area contributed by atoms with Crippen LogP contribution in [-0.2, 0) is 19.8 Å². The van der Waals surface area contributed by atoms with Gasteiger partial charge < -0.3 is 33.7 Å².